The van der Waals surface area contributed by atoms with Crippen LogP contribution < -0.4 is 5.73 Å². The van der Waals surface area contributed by atoms with Crippen molar-refractivity contribution in [3.05, 3.63) is 36.4 Å². The van der Waals surface area contributed by atoms with Crippen molar-refractivity contribution >= 4 is 11.7 Å². The van der Waals surface area contributed by atoms with Gasteiger partial charge in [-0.15, -0.1) is 0 Å². The molecule has 0 spiro atoms. The van der Waals surface area contributed by atoms with E-state index in [1.54, 1.807) is 30.1 Å². The quantitative estimate of drug-likeness (QED) is 0.723. The molecule has 0 aliphatic carbocycles. The summed E-state index contributed by atoms with van der Waals surface area (Å²) in [4.78, 5) is 33.4. The van der Waals surface area contributed by atoms with Gasteiger partial charge in [-0.25, -0.2) is 9.97 Å². The normalized spacial score (nSPS) is 11.4. The van der Waals surface area contributed by atoms with Gasteiger partial charge in [0.1, 0.15) is 24.0 Å². The zero-order chi connectivity index (χ0) is 17.7. The number of Topliss-reactive ketones (excluding diaryl/α,β-unsaturated/α-hetero) is 1. The first-order chi connectivity index (χ1) is 11.4. The average Bonchev–Trinajstić information content (AvgIpc) is 3.07. The number of carbonyl (C=O) groups excluding carboxylic acids is 2. The number of primary amides is 1. The molecule has 130 valence electrons. The van der Waals surface area contributed by atoms with Crippen LogP contribution in [0.15, 0.2) is 24.8 Å². The second-order valence-electron chi connectivity index (χ2n) is 6.11. The summed E-state index contributed by atoms with van der Waals surface area (Å²) in [5, 5.41) is 0. The first-order valence-corrected chi connectivity index (χ1v) is 7.88. The van der Waals surface area contributed by atoms with Crippen LogP contribution in [0, 0.1) is 0 Å². The number of hydrogen-bond donors (Lipinski definition) is 1. The van der Waals surface area contributed by atoms with Gasteiger partial charge in [-0.3, -0.25) is 14.5 Å². The van der Waals surface area contributed by atoms with Gasteiger partial charge in [-0.05, 0) is 20.8 Å². The predicted octanol–water partition coefficient (Wildman–Crippen LogP) is 0.565. The number of nitrogens with two attached hydrogens (primary N) is 1. The summed E-state index contributed by atoms with van der Waals surface area (Å²) in [6.07, 6.45) is 6.91. The Labute approximate surface area is 141 Å². The van der Waals surface area contributed by atoms with Gasteiger partial charge in [0.15, 0.2) is 0 Å². The third-order valence-electron chi connectivity index (χ3n) is 3.74. The smallest absolute Gasteiger partial charge is 0.237 e. The summed E-state index contributed by atoms with van der Waals surface area (Å²) in [7, 11) is 0. The summed E-state index contributed by atoms with van der Waals surface area (Å²) in [5.41, 5.74) is 5.27. The Morgan fingerprint density at radius 1 is 1.08 bits per heavy atom. The molecule has 2 rings (SSSR count). The molecule has 2 heterocycles. The van der Waals surface area contributed by atoms with Crippen LogP contribution in [-0.2, 0) is 35.8 Å². The van der Waals surface area contributed by atoms with E-state index in [-0.39, 0.29) is 18.4 Å². The molecule has 0 saturated carbocycles. The Kier molecular flexibility index (Phi) is 5.86. The third-order valence-corrected chi connectivity index (χ3v) is 3.74. The molecule has 0 bridgehead atoms. The van der Waals surface area contributed by atoms with Crippen molar-refractivity contribution in [2.45, 2.75) is 53.0 Å². The molecule has 2 N–H and O–H groups in total. The van der Waals surface area contributed by atoms with Crippen LogP contribution in [0.5, 0.6) is 0 Å². The lowest BCUT2D eigenvalue weighted by Gasteiger charge is -2.26. The number of rotatable bonds is 9. The van der Waals surface area contributed by atoms with Crippen LogP contribution in [0.4, 0.5) is 0 Å². The zero-order valence-electron chi connectivity index (χ0n) is 14.3. The fourth-order valence-electron chi connectivity index (χ4n) is 2.46. The number of hydrogen-bond acceptors (Lipinski definition) is 5. The Hall–Kier alpha value is -2.48. The van der Waals surface area contributed by atoms with Gasteiger partial charge in [-0.2, -0.15) is 0 Å². The lowest BCUT2D eigenvalue weighted by molar-refractivity contribution is -0.119. The molecule has 0 saturated heterocycles. The summed E-state index contributed by atoms with van der Waals surface area (Å²) in [6.45, 7) is 7.30. The van der Waals surface area contributed by atoms with E-state index in [1.807, 2.05) is 10.8 Å². The maximum absolute atomic E-state index is 11.4. The Bertz CT molecular complexity index is 647. The largest absolute Gasteiger partial charge is 0.368 e. The number of nitrogens with zero attached hydrogens (tertiary/aromatic N) is 5. The Morgan fingerprint density at radius 2 is 1.58 bits per heavy atom. The van der Waals surface area contributed by atoms with Crippen molar-refractivity contribution in [3.8, 4) is 0 Å². The molecule has 0 atom stereocenters. The van der Waals surface area contributed by atoms with Crippen LogP contribution >= 0.6 is 0 Å². The molecule has 0 unspecified atom stereocenters. The van der Waals surface area contributed by atoms with Gasteiger partial charge in [0.25, 0.3) is 0 Å². The zero-order valence-corrected chi connectivity index (χ0v) is 14.3. The summed E-state index contributed by atoms with van der Waals surface area (Å²) in [6, 6.07) is 0.242. The van der Waals surface area contributed by atoms with Gasteiger partial charge >= 0.3 is 0 Å². The molecule has 8 heteroatoms. The van der Waals surface area contributed by atoms with Crippen molar-refractivity contribution in [2.75, 3.05) is 0 Å². The van der Waals surface area contributed by atoms with E-state index in [0.717, 1.165) is 11.6 Å². The molecule has 8 nitrogen and oxygen atoms in total. The van der Waals surface area contributed by atoms with E-state index in [1.165, 1.54) is 0 Å². The number of ketones is 1. The van der Waals surface area contributed by atoms with E-state index in [2.05, 4.69) is 28.7 Å². The van der Waals surface area contributed by atoms with Gasteiger partial charge in [0.05, 0.1) is 19.6 Å². The minimum absolute atomic E-state index is 0.0855. The number of carbonyl (C=O) groups is 2. The molecule has 1 amide bonds. The van der Waals surface area contributed by atoms with Crippen LogP contribution in [0.25, 0.3) is 0 Å². The number of imidazole rings is 2. The highest BCUT2D eigenvalue weighted by Gasteiger charge is 2.17. The van der Waals surface area contributed by atoms with Crippen molar-refractivity contribution in [1.29, 1.82) is 0 Å². The van der Waals surface area contributed by atoms with Crippen molar-refractivity contribution in [1.82, 2.24) is 24.0 Å². The van der Waals surface area contributed by atoms with E-state index in [0.29, 0.717) is 19.6 Å². The van der Waals surface area contributed by atoms with Crippen LogP contribution in [0.1, 0.15) is 32.4 Å². The highest BCUT2D eigenvalue weighted by molar-refractivity contribution is 5.75. The fourth-order valence-corrected chi connectivity index (χ4v) is 2.46. The lowest BCUT2D eigenvalue weighted by atomic mass is 10.3. The summed E-state index contributed by atoms with van der Waals surface area (Å²) >= 11 is 0. The molecule has 0 aliphatic rings. The highest BCUT2D eigenvalue weighted by Crippen LogP contribution is 2.12. The molecule has 2 aromatic rings. The second-order valence-corrected chi connectivity index (χ2v) is 6.11. The van der Waals surface area contributed by atoms with E-state index in [4.69, 9.17) is 5.73 Å². The lowest BCUT2D eigenvalue weighted by Crippen LogP contribution is -2.33. The maximum Gasteiger partial charge on any atom is 0.237 e. The van der Waals surface area contributed by atoms with E-state index >= 15 is 0 Å². The highest BCUT2D eigenvalue weighted by atomic mass is 16.1. The maximum atomic E-state index is 11.4. The van der Waals surface area contributed by atoms with Crippen molar-refractivity contribution in [2.24, 2.45) is 5.73 Å². The fraction of sp³-hybridized carbons (Fsp3) is 0.500. The standard InChI is InChI=1S/C16H24N6O2/c1-12(2)22(10-15-18-4-6-20(15)8-13(3)23)11-16-19-5-7-21(16)9-14(17)24/h4-7,12H,8-11H2,1-3H3,(H2,17,24). The number of amides is 1. The van der Waals surface area contributed by atoms with Gasteiger partial charge in [0, 0.05) is 30.8 Å². The molecule has 0 fully saturated rings. The summed E-state index contributed by atoms with van der Waals surface area (Å²) < 4.78 is 3.60. The number of aromatic nitrogens is 4. The second kappa shape index (κ2) is 7.87. The van der Waals surface area contributed by atoms with Crippen molar-refractivity contribution < 1.29 is 9.59 Å². The molecule has 2 aromatic heterocycles. The molecule has 0 radical (unpaired) electrons. The predicted molar refractivity (Wildman–Crippen MR) is 88.7 cm³/mol. The van der Waals surface area contributed by atoms with E-state index in [9.17, 15) is 9.59 Å². The Morgan fingerprint density at radius 3 is 2.00 bits per heavy atom. The topological polar surface area (TPSA) is 99.0 Å². The van der Waals surface area contributed by atoms with Crippen LogP contribution in [-0.4, -0.2) is 41.7 Å². The first kappa shape index (κ1) is 17.9. The minimum Gasteiger partial charge on any atom is -0.368 e. The van der Waals surface area contributed by atoms with Crippen LogP contribution in [0.3, 0.4) is 0 Å². The van der Waals surface area contributed by atoms with Crippen LogP contribution in [0.2, 0.25) is 0 Å². The monoisotopic (exact) mass is 332 g/mol. The molecular formula is C16H24N6O2. The first-order valence-electron chi connectivity index (χ1n) is 7.88. The van der Waals surface area contributed by atoms with Gasteiger partial charge in [-0.1, -0.05) is 0 Å². The third kappa shape index (κ3) is 4.76. The molecule has 0 aromatic carbocycles. The van der Waals surface area contributed by atoms with E-state index < -0.39 is 5.91 Å². The van der Waals surface area contributed by atoms with Gasteiger partial charge in [0.2, 0.25) is 5.91 Å². The molecule has 0 aliphatic heterocycles. The Balaban J connectivity index is 2.13. The molecular weight excluding hydrogens is 308 g/mol. The SMILES string of the molecule is CC(=O)Cn1ccnc1CN(Cc1nccn1CC(N)=O)C(C)C. The van der Waals surface area contributed by atoms with Gasteiger partial charge < -0.3 is 14.9 Å². The summed E-state index contributed by atoms with van der Waals surface area (Å²) in [5.74, 6) is 1.28. The molecule has 24 heavy (non-hydrogen) atoms. The van der Waals surface area contributed by atoms with Crippen molar-refractivity contribution in [3.63, 3.8) is 0 Å². The average molecular weight is 332 g/mol. The minimum atomic E-state index is -0.401.